The molecule has 0 unspecified atom stereocenters. The number of rotatable bonds is 6. The van der Waals surface area contributed by atoms with Gasteiger partial charge in [-0.3, -0.25) is 4.79 Å². The predicted molar refractivity (Wildman–Crippen MR) is 147 cm³/mol. The van der Waals surface area contributed by atoms with E-state index in [0.717, 1.165) is 27.4 Å². The molecule has 216 valence electrons. The summed E-state index contributed by atoms with van der Waals surface area (Å²) in [6.07, 6.45) is 3.45. The van der Waals surface area contributed by atoms with Gasteiger partial charge in [0.25, 0.3) is 0 Å². The minimum atomic E-state index is -4.71. The average molecular weight is 607 g/mol. The fourth-order valence-corrected chi connectivity index (χ4v) is 7.60. The van der Waals surface area contributed by atoms with Crippen LogP contribution in [-0.2, 0) is 22.6 Å². The number of benzene rings is 1. The van der Waals surface area contributed by atoms with Gasteiger partial charge >= 0.3 is 6.18 Å². The standard InChI is InChI=1S/C28H26F4N4O3S2/c1-17(29)7-8-18(2)36-24-12-21-9-10-35(41(38,39)23-6-4-5-22(11-23)28(30,31)32)16-27(21,13-20(24)15-34-36)25(37)26-33-14-19(3)40-26/h4-8,11-12,14-15H,9-10,13,16H2,1-3H3/b17-7+,18-8+/t27-/m0/s1. The number of piperidine rings is 1. The van der Waals surface area contributed by atoms with Crippen molar-refractivity contribution in [2.45, 2.75) is 44.7 Å². The molecule has 7 nitrogen and oxygen atoms in total. The number of hydrogen-bond acceptors (Lipinski definition) is 6. The molecule has 0 saturated carbocycles. The first-order valence-corrected chi connectivity index (χ1v) is 14.9. The van der Waals surface area contributed by atoms with Crippen LogP contribution in [0, 0.1) is 12.3 Å². The number of fused-ring (bicyclic) bond motifs is 2. The highest BCUT2D eigenvalue weighted by molar-refractivity contribution is 7.89. The molecule has 5 rings (SSSR count). The van der Waals surface area contributed by atoms with Gasteiger partial charge in [-0.25, -0.2) is 22.5 Å². The van der Waals surface area contributed by atoms with Crippen LogP contribution >= 0.6 is 11.3 Å². The minimum Gasteiger partial charge on any atom is -0.290 e. The van der Waals surface area contributed by atoms with Crippen LogP contribution in [0.25, 0.3) is 11.8 Å². The van der Waals surface area contributed by atoms with Crippen molar-refractivity contribution in [1.29, 1.82) is 0 Å². The van der Waals surface area contributed by atoms with Crippen LogP contribution in [0.4, 0.5) is 17.6 Å². The molecule has 41 heavy (non-hydrogen) atoms. The maximum absolute atomic E-state index is 14.1. The van der Waals surface area contributed by atoms with E-state index in [1.165, 1.54) is 24.3 Å². The molecule has 0 spiro atoms. The number of carbonyl (C=O) groups is 1. The highest BCUT2D eigenvalue weighted by atomic mass is 32.2. The second-order valence-corrected chi connectivity index (χ2v) is 13.3. The number of Topliss-reactive ketones (excluding diaryl/α,β-unsaturated/α-hetero) is 1. The second kappa shape index (κ2) is 10.4. The van der Waals surface area contributed by atoms with Gasteiger partial charge in [0.1, 0.15) is 0 Å². The van der Waals surface area contributed by atoms with E-state index in [-0.39, 0.29) is 42.5 Å². The van der Waals surface area contributed by atoms with Crippen molar-refractivity contribution >= 4 is 38.9 Å². The third kappa shape index (κ3) is 5.33. The Kier molecular flexibility index (Phi) is 7.41. The van der Waals surface area contributed by atoms with Gasteiger partial charge in [-0.1, -0.05) is 11.6 Å². The molecule has 2 aliphatic rings. The third-order valence-electron chi connectivity index (χ3n) is 7.32. The van der Waals surface area contributed by atoms with Crippen molar-refractivity contribution in [3.8, 4) is 0 Å². The van der Waals surface area contributed by atoms with Gasteiger partial charge in [0.2, 0.25) is 15.8 Å². The zero-order valence-corrected chi connectivity index (χ0v) is 24.0. The highest BCUT2D eigenvalue weighted by Gasteiger charge is 2.52. The smallest absolute Gasteiger partial charge is 0.290 e. The SMILES string of the molecule is C/C(F)=C\C=C(/C)n1ncc2c1C=C1CCN(S(=O)(=O)c3cccc(C(F)(F)F)c3)C[C@@]1(C(=O)c1ncc(C)s1)C2. The molecule has 3 heterocycles. The van der Waals surface area contributed by atoms with Crippen molar-refractivity contribution in [3.63, 3.8) is 0 Å². The van der Waals surface area contributed by atoms with Crippen LogP contribution in [0.3, 0.4) is 0 Å². The van der Waals surface area contributed by atoms with Gasteiger partial charge < -0.3 is 0 Å². The quantitative estimate of drug-likeness (QED) is 0.187. The zero-order chi connectivity index (χ0) is 29.7. The Balaban J connectivity index is 1.59. The molecule has 1 aliphatic carbocycles. The topological polar surface area (TPSA) is 85.2 Å². The van der Waals surface area contributed by atoms with Crippen LogP contribution in [0.1, 0.15) is 51.8 Å². The highest BCUT2D eigenvalue weighted by Crippen LogP contribution is 2.47. The van der Waals surface area contributed by atoms with Gasteiger partial charge in [-0.05, 0) is 75.6 Å². The van der Waals surface area contributed by atoms with E-state index in [2.05, 4.69) is 10.1 Å². The maximum Gasteiger partial charge on any atom is 0.416 e. The van der Waals surface area contributed by atoms with Crippen molar-refractivity contribution < 1.29 is 30.8 Å². The summed E-state index contributed by atoms with van der Waals surface area (Å²) in [6.45, 7) is 4.60. The Morgan fingerprint density at radius 2 is 1.93 bits per heavy atom. The molecule has 1 aliphatic heterocycles. The summed E-state index contributed by atoms with van der Waals surface area (Å²) in [6, 6.07) is 3.61. The van der Waals surface area contributed by atoms with E-state index in [9.17, 15) is 30.8 Å². The van der Waals surface area contributed by atoms with Crippen LogP contribution in [0.5, 0.6) is 0 Å². The lowest BCUT2D eigenvalue weighted by atomic mass is 9.66. The number of carbonyl (C=O) groups excluding carboxylic acids is 1. The lowest BCUT2D eigenvalue weighted by Crippen LogP contribution is -2.53. The Morgan fingerprint density at radius 3 is 2.59 bits per heavy atom. The van der Waals surface area contributed by atoms with E-state index in [0.29, 0.717) is 28.6 Å². The number of allylic oxidation sites excluding steroid dienone is 4. The predicted octanol–water partition coefficient (Wildman–Crippen LogP) is 6.30. The number of nitrogens with zero attached hydrogens (tertiary/aromatic N) is 4. The second-order valence-electron chi connectivity index (χ2n) is 10.2. The molecule has 1 saturated heterocycles. The largest absolute Gasteiger partial charge is 0.416 e. The van der Waals surface area contributed by atoms with Crippen molar-refractivity contribution in [1.82, 2.24) is 19.1 Å². The fraction of sp³-hybridized carbons (Fsp3) is 0.321. The molecule has 0 radical (unpaired) electrons. The number of aryl methyl sites for hydroxylation is 1. The average Bonchev–Trinajstić information content (AvgIpc) is 3.54. The van der Waals surface area contributed by atoms with Crippen molar-refractivity contribution in [2.75, 3.05) is 13.1 Å². The van der Waals surface area contributed by atoms with Crippen LogP contribution in [0.15, 0.2) is 65.1 Å². The first-order valence-electron chi connectivity index (χ1n) is 12.7. The summed E-state index contributed by atoms with van der Waals surface area (Å²) in [5.41, 5.74) is 0.305. The van der Waals surface area contributed by atoms with E-state index < -0.39 is 32.1 Å². The number of aromatic nitrogens is 3. The normalized spacial score (nSPS) is 20.4. The van der Waals surface area contributed by atoms with Crippen molar-refractivity contribution in [3.05, 3.63) is 86.9 Å². The summed E-state index contributed by atoms with van der Waals surface area (Å²) in [7, 11) is -4.38. The van der Waals surface area contributed by atoms with E-state index >= 15 is 0 Å². The van der Waals surface area contributed by atoms with Crippen LogP contribution in [0.2, 0.25) is 0 Å². The Bertz CT molecular complexity index is 1730. The summed E-state index contributed by atoms with van der Waals surface area (Å²) in [5.74, 6) is -0.728. The van der Waals surface area contributed by atoms with Gasteiger partial charge in [0, 0.05) is 29.9 Å². The lowest BCUT2D eigenvalue weighted by molar-refractivity contribution is -0.137. The Hall–Kier alpha value is -3.42. The lowest BCUT2D eigenvalue weighted by Gasteiger charge is -2.44. The van der Waals surface area contributed by atoms with Gasteiger partial charge in [-0.15, -0.1) is 11.3 Å². The molecule has 1 atom stereocenters. The summed E-state index contributed by atoms with van der Waals surface area (Å²) < 4.78 is 83.5. The number of hydrogen-bond donors (Lipinski definition) is 0. The van der Waals surface area contributed by atoms with E-state index in [4.69, 9.17) is 0 Å². The first kappa shape index (κ1) is 29.1. The van der Waals surface area contributed by atoms with Crippen LogP contribution < -0.4 is 0 Å². The molecule has 3 aromatic rings. The third-order valence-corrected chi connectivity index (χ3v) is 10.1. The molecule has 13 heteroatoms. The number of halogens is 4. The van der Waals surface area contributed by atoms with Gasteiger partial charge in [0.15, 0.2) is 5.01 Å². The number of alkyl halides is 3. The molecular weight excluding hydrogens is 580 g/mol. The van der Waals surface area contributed by atoms with Gasteiger partial charge in [-0.2, -0.15) is 22.6 Å². The summed E-state index contributed by atoms with van der Waals surface area (Å²) in [5, 5.41) is 4.66. The fourth-order valence-electron chi connectivity index (χ4n) is 5.25. The maximum atomic E-state index is 14.1. The number of thiazole rings is 1. The monoisotopic (exact) mass is 606 g/mol. The Labute approximate surface area is 238 Å². The minimum absolute atomic E-state index is 0.0294. The number of sulfonamides is 1. The number of ketones is 1. The van der Waals surface area contributed by atoms with Crippen molar-refractivity contribution in [2.24, 2.45) is 5.41 Å². The Morgan fingerprint density at radius 1 is 1.17 bits per heavy atom. The molecule has 0 amide bonds. The van der Waals surface area contributed by atoms with E-state index in [1.807, 2.05) is 6.08 Å². The first-order chi connectivity index (χ1) is 19.2. The molecule has 2 aromatic heterocycles. The summed E-state index contributed by atoms with van der Waals surface area (Å²) >= 11 is 1.20. The zero-order valence-electron chi connectivity index (χ0n) is 22.4. The van der Waals surface area contributed by atoms with E-state index in [1.54, 1.807) is 37.0 Å². The van der Waals surface area contributed by atoms with Crippen LogP contribution in [-0.4, -0.2) is 46.4 Å². The molecule has 0 bridgehead atoms. The molecule has 0 N–H and O–H groups in total. The molecule has 1 aromatic carbocycles. The molecule has 1 fully saturated rings. The molecular formula is C28H26F4N4O3S2. The van der Waals surface area contributed by atoms with Gasteiger partial charge in [0.05, 0.1) is 33.6 Å². The summed E-state index contributed by atoms with van der Waals surface area (Å²) in [4.78, 5) is 18.7.